The van der Waals surface area contributed by atoms with Gasteiger partial charge in [-0.05, 0) is 42.4 Å². The highest BCUT2D eigenvalue weighted by Gasteiger charge is 2.37. The van der Waals surface area contributed by atoms with Gasteiger partial charge in [-0.25, -0.2) is 4.98 Å². The van der Waals surface area contributed by atoms with Crippen LogP contribution in [0.2, 0.25) is 0 Å². The molecule has 1 fully saturated rings. The van der Waals surface area contributed by atoms with E-state index in [1.54, 1.807) is 6.20 Å². The van der Waals surface area contributed by atoms with Gasteiger partial charge in [-0.1, -0.05) is 6.92 Å². The Morgan fingerprint density at radius 3 is 2.93 bits per heavy atom. The Bertz CT molecular complexity index is 324. The Labute approximate surface area is 84.5 Å². The van der Waals surface area contributed by atoms with Crippen LogP contribution in [0.1, 0.15) is 18.9 Å². The van der Waals surface area contributed by atoms with Crippen molar-refractivity contribution in [3.8, 4) is 0 Å². The second-order valence-electron chi connectivity index (χ2n) is 4.33. The molecule has 0 spiro atoms. The molecule has 76 valence electrons. The van der Waals surface area contributed by atoms with E-state index in [9.17, 15) is 0 Å². The number of anilines is 1. The zero-order chi connectivity index (χ0) is 10.1. The predicted octanol–water partition coefficient (Wildman–Crippen LogP) is 1.19. The van der Waals surface area contributed by atoms with E-state index in [0.29, 0.717) is 11.7 Å². The predicted molar refractivity (Wildman–Crippen MR) is 57.6 cm³/mol. The molecule has 2 rings (SSSR count). The average molecular weight is 191 g/mol. The second-order valence-corrected chi connectivity index (χ2v) is 4.33. The summed E-state index contributed by atoms with van der Waals surface area (Å²) in [5.74, 6) is 2.10. The molecule has 0 amide bonds. The van der Waals surface area contributed by atoms with Crippen LogP contribution in [0, 0.1) is 11.8 Å². The highest BCUT2D eigenvalue weighted by molar-refractivity contribution is 5.32. The third kappa shape index (κ3) is 2.04. The molecule has 3 atom stereocenters. The minimum absolute atomic E-state index is 0.284. The van der Waals surface area contributed by atoms with Crippen molar-refractivity contribution in [2.45, 2.75) is 25.8 Å². The summed E-state index contributed by atoms with van der Waals surface area (Å²) in [5.41, 5.74) is 12.9. The summed E-state index contributed by atoms with van der Waals surface area (Å²) in [6, 6.07) is 4.18. The molecule has 3 nitrogen and oxygen atoms in total. The van der Waals surface area contributed by atoms with E-state index in [0.717, 1.165) is 12.3 Å². The first kappa shape index (κ1) is 9.46. The molecular formula is C11H17N3. The van der Waals surface area contributed by atoms with E-state index in [1.807, 2.05) is 12.1 Å². The summed E-state index contributed by atoms with van der Waals surface area (Å²) in [5, 5.41) is 0. The minimum Gasteiger partial charge on any atom is -0.384 e. The Kier molecular flexibility index (Phi) is 2.42. The zero-order valence-electron chi connectivity index (χ0n) is 8.48. The van der Waals surface area contributed by atoms with E-state index in [-0.39, 0.29) is 6.04 Å². The summed E-state index contributed by atoms with van der Waals surface area (Å²) < 4.78 is 0. The van der Waals surface area contributed by atoms with Gasteiger partial charge in [0.1, 0.15) is 5.82 Å². The maximum atomic E-state index is 6.09. The molecule has 3 heteroatoms. The Morgan fingerprint density at radius 1 is 1.64 bits per heavy atom. The van der Waals surface area contributed by atoms with Crippen molar-refractivity contribution < 1.29 is 0 Å². The van der Waals surface area contributed by atoms with Crippen LogP contribution in [0.4, 0.5) is 5.82 Å². The largest absolute Gasteiger partial charge is 0.384 e. The quantitative estimate of drug-likeness (QED) is 0.754. The van der Waals surface area contributed by atoms with Crippen molar-refractivity contribution >= 4 is 5.82 Å². The Morgan fingerprint density at radius 2 is 2.36 bits per heavy atom. The van der Waals surface area contributed by atoms with Gasteiger partial charge in [0.05, 0.1) is 0 Å². The number of aromatic nitrogens is 1. The first-order chi connectivity index (χ1) is 6.66. The fourth-order valence-corrected chi connectivity index (χ4v) is 1.99. The van der Waals surface area contributed by atoms with Crippen LogP contribution in [-0.2, 0) is 6.42 Å². The van der Waals surface area contributed by atoms with Crippen LogP contribution in [0.15, 0.2) is 18.3 Å². The van der Waals surface area contributed by atoms with Crippen molar-refractivity contribution in [2.24, 2.45) is 17.6 Å². The molecule has 0 aliphatic heterocycles. The molecule has 0 aromatic carbocycles. The molecule has 1 heterocycles. The maximum Gasteiger partial charge on any atom is 0.123 e. The molecule has 14 heavy (non-hydrogen) atoms. The van der Waals surface area contributed by atoms with E-state index in [1.165, 1.54) is 12.0 Å². The molecule has 1 aromatic rings. The van der Waals surface area contributed by atoms with Gasteiger partial charge in [0.2, 0.25) is 0 Å². The summed E-state index contributed by atoms with van der Waals surface area (Å²) in [4.78, 5) is 3.96. The first-order valence-electron chi connectivity index (χ1n) is 5.13. The topological polar surface area (TPSA) is 64.9 Å². The van der Waals surface area contributed by atoms with E-state index >= 15 is 0 Å². The molecular weight excluding hydrogens is 174 g/mol. The van der Waals surface area contributed by atoms with E-state index in [4.69, 9.17) is 11.5 Å². The monoisotopic (exact) mass is 191 g/mol. The van der Waals surface area contributed by atoms with Gasteiger partial charge >= 0.3 is 0 Å². The van der Waals surface area contributed by atoms with Crippen molar-refractivity contribution in [1.82, 2.24) is 4.98 Å². The van der Waals surface area contributed by atoms with Gasteiger partial charge in [-0.3, -0.25) is 0 Å². The number of nitrogens with zero attached hydrogens (tertiary/aromatic N) is 1. The van der Waals surface area contributed by atoms with Crippen LogP contribution in [0.3, 0.4) is 0 Å². The lowest BCUT2D eigenvalue weighted by Gasteiger charge is -2.10. The summed E-state index contributed by atoms with van der Waals surface area (Å²) in [6.07, 6.45) is 3.94. The van der Waals surface area contributed by atoms with Crippen LogP contribution < -0.4 is 11.5 Å². The molecule has 4 N–H and O–H groups in total. The molecule has 0 saturated heterocycles. The SMILES string of the molecule is CC1CC1C(N)Cc1ccnc(N)c1. The van der Waals surface area contributed by atoms with Gasteiger partial charge in [-0.2, -0.15) is 0 Å². The summed E-state index contributed by atoms with van der Waals surface area (Å²) in [7, 11) is 0. The normalized spacial score (nSPS) is 27.3. The van der Waals surface area contributed by atoms with Crippen LogP contribution in [0.25, 0.3) is 0 Å². The number of hydrogen-bond acceptors (Lipinski definition) is 3. The lowest BCUT2D eigenvalue weighted by molar-refractivity contribution is 0.560. The lowest BCUT2D eigenvalue weighted by atomic mass is 10.0. The third-order valence-electron chi connectivity index (χ3n) is 3.04. The number of rotatable bonds is 3. The van der Waals surface area contributed by atoms with Crippen molar-refractivity contribution in [2.75, 3.05) is 5.73 Å². The Hall–Kier alpha value is -1.09. The van der Waals surface area contributed by atoms with Crippen LogP contribution in [-0.4, -0.2) is 11.0 Å². The molecule has 1 aliphatic rings. The standard InChI is InChI=1S/C11H17N3/c1-7-4-9(7)10(12)5-8-2-3-14-11(13)6-8/h2-3,6-7,9-10H,4-5,12H2,1H3,(H2,13,14). The average Bonchev–Trinajstić information content (AvgIpc) is 2.82. The van der Waals surface area contributed by atoms with Gasteiger partial charge in [0, 0.05) is 12.2 Å². The van der Waals surface area contributed by atoms with Crippen molar-refractivity contribution in [1.29, 1.82) is 0 Å². The number of nitrogens with two attached hydrogens (primary N) is 2. The highest BCUT2D eigenvalue weighted by Crippen LogP contribution is 2.40. The maximum absolute atomic E-state index is 6.09. The van der Waals surface area contributed by atoms with Crippen molar-refractivity contribution in [3.63, 3.8) is 0 Å². The first-order valence-corrected chi connectivity index (χ1v) is 5.13. The third-order valence-corrected chi connectivity index (χ3v) is 3.04. The summed E-state index contributed by atoms with van der Waals surface area (Å²) >= 11 is 0. The molecule has 1 aliphatic carbocycles. The number of pyridine rings is 1. The fraction of sp³-hybridized carbons (Fsp3) is 0.545. The Balaban J connectivity index is 1.96. The van der Waals surface area contributed by atoms with E-state index in [2.05, 4.69) is 11.9 Å². The fourth-order valence-electron chi connectivity index (χ4n) is 1.99. The molecule has 1 saturated carbocycles. The van der Waals surface area contributed by atoms with Gasteiger partial charge < -0.3 is 11.5 Å². The lowest BCUT2D eigenvalue weighted by Crippen LogP contribution is -2.25. The second kappa shape index (κ2) is 3.58. The van der Waals surface area contributed by atoms with Crippen LogP contribution >= 0.6 is 0 Å². The van der Waals surface area contributed by atoms with Gasteiger partial charge in [-0.15, -0.1) is 0 Å². The smallest absolute Gasteiger partial charge is 0.123 e. The van der Waals surface area contributed by atoms with Crippen LogP contribution in [0.5, 0.6) is 0 Å². The van der Waals surface area contributed by atoms with Gasteiger partial charge in [0.15, 0.2) is 0 Å². The highest BCUT2D eigenvalue weighted by atomic mass is 14.8. The molecule has 1 aromatic heterocycles. The number of nitrogen functional groups attached to an aromatic ring is 1. The van der Waals surface area contributed by atoms with Crippen molar-refractivity contribution in [3.05, 3.63) is 23.9 Å². The molecule has 0 bridgehead atoms. The zero-order valence-corrected chi connectivity index (χ0v) is 8.48. The number of hydrogen-bond donors (Lipinski definition) is 2. The molecule has 0 radical (unpaired) electrons. The summed E-state index contributed by atoms with van der Waals surface area (Å²) in [6.45, 7) is 2.26. The van der Waals surface area contributed by atoms with Gasteiger partial charge in [0.25, 0.3) is 0 Å². The minimum atomic E-state index is 0.284. The molecule has 3 unspecified atom stereocenters. The van der Waals surface area contributed by atoms with E-state index < -0.39 is 0 Å².